The SMILES string of the molecule is CCCCCCCCCCCCc1ccc(-c2ncc(C#N)cn2)cc1. The van der Waals surface area contributed by atoms with E-state index in [2.05, 4.69) is 41.2 Å². The molecule has 3 heteroatoms. The summed E-state index contributed by atoms with van der Waals surface area (Å²) in [6.07, 6.45) is 18.0. The summed E-state index contributed by atoms with van der Waals surface area (Å²) in [5.74, 6) is 0.675. The number of hydrogen-bond donors (Lipinski definition) is 0. The normalized spacial score (nSPS) is 10.6. The van der Waals surface area contributed by atoms with Crippen LogP contribution in [0.1, 0.15) is 82.3 Å². The summed E-state index contributed by atoms with van der Waals surface area (Å²) in [6, 6.07) is 10.5. The minimum Gasteiger partial charge on any atom is -0.235 e. The van der Waals surface area contributed by atoms with Gasteiger partial charge in [-0.05, 0) is 18.4 Å². The Morgan fingerprint density at radius 1 is 0.769 bits per heavy atom. The number of hydrogen-bond acceptors (Lipinski definition) is 3. The maximum Gasteiger partial charge on any atom is 0.159 e. The molecule has 0 radical (unpaired) electrons. The lowest BCUT2D eigenvalue weighted by Crippen LogP contribution is -1.91. The molecule has 0 unspecified atom stereocenters. The molecule has 3 nitrogen and oxygen atoms in total. The van der Waals surface area contributed by atoms with Gasteiger partial charge in [-0.15, -0.1) is 0 Å². The van der Waals surface area contributed by atoms with E-state index >= 15 is 0 Å². The zero-order valence-electron chi connectivity index (χ0n) is 16.1. The van der Waals surface area contributed by atoms with Crippen molar-refractivity contribution in [2.24, 2.45) is 0 Å². The molecule has 0 saturated heterocycles. The molecule has 2 aromatic rings. The lowest BCUT2D eigenvalue weighted by molar-refractivity contribution is 0.556. The number of aryl methyl sites for hydroxylation is 1. The summed E-state index contributed by atoms with van der Waals surface area (Å²) in [5.41, 5.74) is 2.87. The van der Waals surface area contributed by atoms with E-state index < -0.39 is 0 Å². The molecule has 0 atom stereocenters. The molecular weight excluding hydrogens is 318 g/mol. The van der Waals surface area contributed by atoms with Crippen molar-refractivity contribution in [2.75, 3.05) is 0 Å². The largest absolute Gasteiger partial charge is 0.235 e. The van der Waals surface area contributed by atoms with Crippen molar-refractivity contribution in [1.29, 1.82) is 5.26 Å². The van der Waals surface area contributed by atoms with E-state index in [1.807, 2.05) is 6.07 Å². The number of nitrogens with zero attached hydrogens (tertiary/aromatic N) is 3. The van der Waals surface area contributed by atoms with Gasteiger partial charge in [0.25, 0.3) is 0 Å². The van der Waals surface area contributed by atoms with E-state index in [-0.39, 0.29) is 0 Å². The molecule has 0 fully saturated rings. The van der Waals surface area contributed by atoms with Gasteiger partial charge < -0.3 is 0 Å². The van der Waals surface area contributed by atoms with E-state index in [1.165, 1.54) is 69.8 Å². The average Bonchev–Trinajstić information content (AvgIpc) is 2.70. The van der Waals surface area contributed by atoms with Crippen LogP contribution in [0, 0.1) is 11.3 Å². The van der Waals surface area contributed by atoms with Gasteiger partial charge in [-0.2, -0.15) is 5.26 Å². The first-order chi connectivity index (χ1) is 12.8. The third-order valence-electron chi connectivity index (χ3n) is 4.81. The molecule has 2 rings (SSSR count). The second kappa shape index (κ2) is 12.2. The van der Waals surface area contributed by atoms with Crippen LogP contribution >= 0.6 is 0 Å². The molecule has 0 bridgehead atoms. The molecule has 0 aliphatic rings. The van der Waals surface area contributed by atoms with Crippen molar-refractivity contribution in [3.8, 4) is 17.5 Å². The Kier molecular flexibility index (Phi) is 9.43. The smallest absolute Gasteiger partial charge is 0.159 e. The zero-order chi connectivity index (χ0) is 18.5. The molecule has 0 aliphatic carbocycles. The summed E-state index contributed by atoms with van der Waals surface area (Å²) >= 11 is 0. The molecule has 0 spiro atoms. The van der Waals surface area contributed by atoms with Gasteiger partial charge in [-0.3, -0.25) is 0 Å². The highest BCUT2D eigenvalue weighted by atomic mass is 14.9. The van der Waals surface area contributed by atoms with Gasteiger partial charge in [-0.25, -0.2) is 9.97 Å². The first kappa shape index (κ1) is 20.1. The lowest BCUT2D eigenvalue weighted by atomic mass is 10.0. The Hall–Kier alpha value is -2.21. The molecule has 0 N–H and O–H groups in total. The summed E-state index contributed by atoms with van der Waals surface area (Å²) < 4.78 is 0. The van der Waals surface area contributed by atoms with Crippen molar-refractivity contribution in [3.63, 3.8) is 0 Å². The predicted molar refractivity (Wildman–Crippen MR) is 108 cm³/mol. The molecule has 26 heavy (non-hydrogen) atoms. The number of rotatable bonds is 12. The van der Waals surface area contributed by atoms with Crippen LogP contribution in [0.25, 0.3) is 11.4 Å². The third kappa shape index (κ3) is 7.35. The van der Waals surface area contributed by atoms with Crippen molar-refractivity contribution in [3.05, 3.63) is 47.8 Å². The number of benzene rings is 1. The first-order valence-corrected chi connectivity index (χ1v) is 10.1. The van der Waals surface area contributed by atoms with E-state index in [9.17, 15) is 0 Å². The first-order valence-electron chi connectivity index (χ1n) is 10.1. The van der Waals surface area contributed by atoms with Crippen LogP contribution in [0.2, 0.25) is 0 Å². The molecule has 0 amide bonds. The summed E-state index contributed by atoms with van der Waals surface area (Å²) in [5, 5.41) is 8.80. The van der Waals surface area contributed by atoms with E-state index in [4.69, 9.17) is 5.26 Å². The fourth-order valence-electron chi connectivity index (χ4n) is 3.17. The van der Waals surface area contributed by atoms with Crippen LogP contribution in [-0.2, 0) is 6.42 Å². The topological polar surface area (TPSA) is 49.6 Å². The molecule has 0 saturated carbocycles. The fraction of sp³-hybridized carbons (Fsp3) is 0.522. The monoisotopic (exact) mass is 349 g/mol. The Bertz CT molecular complexity index is 653. The molecule has 0 aliphatic heterocycles. The van der Waals surface area contributed by atoms with Crippen LogP contribution in [0.4, 0.5) is 0 Å². The Morgan fingerprint density at radius 3 is 1.85 bits per heavy atom. The van der Waals surface area contributed by atoms with Gasteiger partial charge in [0.1, 0.15) is 6.07 Å². The van der Waals surface area contributed by atoms with E-state index in [0.29, 0.717) is 11.4 Å². The molecule has 1 heterocycles. The third-order valence-corrected chi connectivity index (χ3v) is 4.81. The summed E-state index contributed by atoms with van der Waals surface area (Å²) in [7, 11) is 0. The standard InChI is InChI=1S/C23H31N3/c1-2-3-4-5-6-7-8-9-10-11-12-20-13-15-22(16-14-20)23-25-18-21(17-24)19-26-23/h13-16,18-19H,2-12H2,1H3. The van der Waals surface area contributed by atoms with Gasteiger partial charge >= 0.3 is 0 Å². The van der Waals surface area contributed by atoms with Crippen molar-refractivity contribution >= 4 is 0 Å². The second-order valence-corrected chi connectivity index (χ2v) is 7.04. The van der Waals surface area contributed by atoms with Gasteiger partial charge in [-0.1, -0.05) is 89.0 Å². The Balaban J connectivity index is 1.61. The summed E-state index contributed by atoms with van der Waals surface area (Å²) in [6.45, 7) is 2.27. The maximum absolute atomic E-state index is 8.80. The van der Waals surface area contributed by atoms with E-state index in [1.54, 1.807) is 12.4 Å². The lowest BCUT2D eigenvalue weighted by Gasteiger charge is -2.05. The van der Waals surface area contributed by atoms with Gasteiger partial charge in [0.15, 0.2) is 5.82 Å². The van der Waals surface area contributed by atoms with Crippen LogP contribution in [0.5, 0.6) is 0 Å². The Labute approximate surface area is 158 Å². The maximum atomic E-state index is 8.80. The fourth-order valence-corrected chi connectivity index (χ4v) is 3.17. The van der Waals surface area contributed by atoms with Crippen LogP contribution in [-0.4, -0.2) is 9.97 Å². The van der Waals surface area contributed by atoms with Gasteiger partial charge in [0.2, 0.25) is 0 Å². The molecule has 1 aromatic carbocycles. The molecule has 1 aromatic heterocycles. The highest BCUT2D eigenvalue weighted by molar-refractivity contribution is 5.55. The van der Waals surface area contributed by atoms with Crippen LogP contribution in [0.3, 0.4) is 0 Å². The average molecular weight is 350 g/mol. The van der Waals surface area contributed by atoms with Gasteiger partial charge in [0.05, 0.1) is 5.56 Å². The van der Waals surface area contributed by atoms with Crippen LogP contribution in [0.15, 0.2) is 36.7 Å². The van der Waals surface area contributed by atoms with Crippen molar-refractivity contribution in [1.82, 2.24) is 9.97 Å². The molecular formula is C23H31N3. The minimum absolute atomic E-state index is 0.492. The number of aromatic nitrogens is 2. The second-order valence-electron chi connectivity index (χ2n) is 7.04. The summed E-state index contributed by atoms with van der Waals surface area (Å²) in [4.78, 5) is 8.49. The van der Waals surface area contributed by atoms with Crippen LogP contribution < -0.4 is 0 Å². The number of nitriles is 1. The van der Waals surface area contributed by atoms with Crippen molar-refractivity contribution < 1.29 is 0 Å². The van der Waals surface area contributed by atoms with Crippen molar-refractivity contribution in [2.45, 2.75) is 77.6 Å². The minimum atomic E-state index is 0.492. The molecule has 138 valence electrons. The Morgan fingerprint density at radius 2 is 1.31 bits per heavy atom. The quantitative estimate of drug-likeness (QED) is 0.412. The highest BCUT2D eigenvalue weighted by Crippen LogP contribution is 2.17. The van der Waals surface area contributed by atoms with E-state index in [0.717, 1.165) is 12.0 Å². The highest BCUT2D eigenvalue weighted by Gasteiger charge is 2.02. The number of unbranched alkanes of at least 4 members (excludes halogenated alkanes) is 9. The van der Waals surface area contributed by atoms with Gasteiger partial charge in [0, 0.05) is 18.0 Å². The predicted octanol–water partition coefficient (Wildman–Crippen LogP) is 6.48. The zero-order valence-corrected chi connectivity index (χ0v) is 16.1.